The zero-order valence-electron chi connectivity index (χ0n) is 7.88. The largest absolute Gasteiger partial charge is 0.235 e. The Bertz CT molecular complexity index is 587. The van der Waals surface area contributed by atoms with Crippen molar-refractivity contribution in [3.05, 3.63) is 39.0 Å². The van der Waals surface area contributed by atoms with E-state index in [0.717, 1.165) is 20.9 Å². The lowest BCUT2D eigenvalue weighted by atomic mass is 10.1. The zero-order chi connectivity index (χ0) is 11.0. The SMILES string of the molecule is Cc1c(C#N)c(Cl)nc2ccc(Br)cc12. The number of fused-ring (bicyclic) bond motifs is 1. The minimum Gasteiger partial charge on any atom is -0.235 e. The summed E-state index contributed by atoms with van der Waals surface area (Å²) in [5, 5.41) is 10.2. The molecule has 1 aromatic heterocycles. The Morgan fingerprint density at radius 1 is 1.47 bits per heavy atom. The molecule has 0 amide bonds. The third-order valence-electron chi connectivity index (χ3n) is 2.27. The fourth-order valence-corrected chi connectivity index (χ4v) is 2.12. The van der Waals surface area contributed by atoms with E-state index in [4.69, 9.17) is 16.9 Å². The number of halogens is 2. The minimum absolute atomic E-state index is 0.268. The van der Waals surface area contributed by atoms with Gasteiger partial charge in [0.2, 0.25) is 0 Å². The van der Waals surface area contributed by atoms with Crippen LogP contribution in [0.4, 0.5) is 0 Å². The molecule has 0 unspecified atom stereocenters. The number of aryl methyl sites for hydroxylation is 1. The van der Waals surface area contributed by atoms with E-state index < -0.39 is 0 Å². The van der Waals surface area contributed by atoms with Crippen LogP contribution in [0.25, 0.3) is 10.9 Å². The molecule has 0 spiro atoms. The van der Waals surface area contributed by atoms with Gasteiger partial charge in [-0.25, -0.2) is 4.98 Å². The smallest absolute Gasteiger partial charge is 0.147 e. The maximum Gasteiger partial charge on any atom is 0.147 e. The Hall–Kier alpha value is -1.11. The van der Waals surface area contributed by atoms with Crippen molar-refractivity contribution in [3.63, 3.8) is 0 Å². The fraction of sp³-hybridized carbons (Fsp3) is 0.0909. The number of pyridine rings is 1. The van der Waals surface area contributed by atoms with Gasteiger partial charge >= 0.3 is 0 Å². The van der Waals surface area contributed by atoms with Crippen molar-refractivity contribution in [1.29, 1.82) is 5.26 Å². The van der Waals surface area contributed by atoms with Gasteiger partial charge in [-0.2, -0.15) is 5.26 Å². The van der Waals surface area contributed by atoms with Gasteiger partial charge in [-0.3, -0.25) is 0 Å². The fourth-order valence-electron chi connectivity index (χ4n) is 1.49. The van der Waals surface area contributed by atoms with Crippen molar-refractivity contribution in [2.45, 2.75) is 6.92 Å². The van der Waals surface area contributed by atoms with Gasteiger partial charge in [0.05, 0.1) is 11.1 Å². The van der Waals surface area contributed by atoms with Gasteiger partial charge in [-0.1, -0.05) is 27.5 Å². The standard InChI is InChI=1S/C11H6BrClN2/c1-6-8-4-7(12)2-3-10(8)15-11(13)9(6)5-14/h2-4H,1H3. The Labute approximate surface area is 101 Å². The van der Waals surface area contributed by atoms with E-state index in [-0.39, 0.29) is 5.15 Å². The monoisotopic (exact) mass is 280 g/mol. The van der Waals surface area contributed by atoms with E-state index in [9.17, 15) is 0 Å². The van der Waals surface area contributed by atoms with Crippen LogP contribution >= 0.6 is 27.5 Å². The molecule has 0 atom stereocenters. The molecule has 0 saturated heterocycles. The number of aromatic nitrogens is 1. The molecule has 0 aliphatic carbocycles. The Morgan fingerprint density at radius 3 is 2.87 bits per heavy atom. The summed E-state index contributed by atoms with van der Waals surface area (Å²) >= 11 is 9.29. The van der Waals surface area contributed by atoms with Crippen LogP contribution in [0.15, 0.2) is 22.7 Å². The van der Waals surface area contributed by atoms with Gasteiger partial charge in [0.1, 0.15) is 11.2 Å². The van der Waals surface area contributed by atoms with Crippen LogP contribution in [0.1, 0.15) is 11.1 Å². The minimum atomic E-state index is 0.268. The highest BCUT2D eigenvalue weighted by molar-refractivity contribution is 9.10. The average molecular weight is 282 g/mol. The molecule has 0 bridgehead atoms. The van der Waals surface area contributed by atoms with Crippen molar-refractivity contribution in [2.75, 3.05) is 0 Å². The molecule has 2 nitrogen and oxygen atoms in total. The van der Waals surface area contributed by atoms with Crippen LogP contribution in [-0.4, -0.2) is 4.98 Å². The maximum atomic E-state index is 8.94. The lowest BCUT2D eigenvalue weighted by Crippen LogP contribution is -1.91. The number of hydrogen-bond acceptors (Lipinski definition) is 2. The van der Waals surface area contributed by atoms with Crippen molar-refractivity contribution in [3.8, 4) is 6.07 Å². The lowest BCUT2D eigenvalue weighted by molar-refractivity contribution is 1.32. The number of hydrogen-bond donors (Lipinski definition) is 0. The first kappa shape index (κ1) is 10.4. The molecule has 0 saturated carbocycles. The number of nitrogens with zero attached hydrogens (tertiary/aromatic N) is 2. The Kier molecular flexibility index (Phi) is 2.64. The number of rotatable bonds is 0. The van der Waals surface area contributed by atoms with Gasteiger partial charge < -0.3 is 0 Å². The maximum absolute atomic E-state index is 8.94. The molecule has 0 aliphatic rings. The third-order valence-corrected chi connectivity index (χ3v) is 3.04. The predicted molar refractivity (Wildman–Crippen MR) is 63.9 cm³/mol. The summed E-state index contributed by atoms with van der Waals surface area (Å²) in [6.07, 6.45) is 0. The Balaban J connectivity index is 2.94. The van der Waals surface area contributed by atoms with Crippen molar-refractivity contribution in [1.82, 2.24) is 4.98 Å². The van der Waals surface area contributed by atoms with E-state index >= 15 is 0 Å². The first-order valence-corrected chi connectivity index (χ1v) is 5.46. The third kappa shape index (κ3) is 1.71. The molecule has 1 heterocycles. The van der Waals surface area contributed by atoms with Crippen LogP contribution in [0, 0.1) is 18.3 Å². The van der Waals surface area contributed by atoms with Crippen LogP contribution in [0.2, 0.25) is 5.15 Å². The summed E-state index contributed by atoms with van der Waals surface area (Å²) in [6, 6.07) is 7.78. The van der Waals surface area contributed by atoms with Gasteiger partial charge in [0.25, 0.3) is 0 Å². The lowest BCUT2D eigenvalue weighted by Gasteiger charge is -2.05. The summed E-state index contributed by atoms with van der Waals surface area (Å²) in [4.78, 5) is 4.17. The average Bonchev–Trinajstić information content (AvgIpc) is 2.20. The highest BCUT2D eigenvalue weighted by Crippen LogP contribution is 2.27. The van der Waals surface area contributed by atoms with Gasteiger partial charge in [-0.15, -0.1) is 0 Å². The van der Waals surface area contributed by atoms with Gasteiger partial charge in [0, 0.05) is 9.86 Å². The first-order chi connectivity index (χ1) is 7.13. The van der Waals surface area contributed by atoms with E-state index in [1.54, 1.807) is 0 Å². The van der Waals surface area contributed by atoms with E-state index in [1.165, 1.54) is 0 Å². The summed E-state index contributed by atoms with van der Waals surface area (Å²) in [7, 11) is 0. The first-order valence-electron chi connectivity index (χ1n) is 4.29. The van der Waals surface area contributed by atoms with E-state index in [0.29, 0.717) is 5.56 Å². The van der Waals surface area contributed by atoms with Crippen molar-refractivity contribution < 1.29 is 0 Å². The normalized spacial score (nSPS) is 10.3. The molecule has 0 N–H and O–H groups in total. The summed E-state index contributed by atoms with van der Waals surface area (Å²) in [5.41, 5.74) is 2.12. The molecule has 0 fully saturated rings. The highest BCUT2D eigenvalue weighted by Gasteiger charge is 2.09. The molecule has 4 heteroatoms. The molecule has 2 aromatic rings. The van der Waals surface area contributed by atoms with Crippen LogP contribution < -0.4 is 0 Å². The quantitative estimate of drug-likeness (QED) is 0.688. The molecule has 0 aliphatic heterocycles. The number of nitriles is 1. The second kappa shape index (κ2) is 3.80. The van der Waals surface area contributed by atoms with Crippen LogP contribution in [0.5, 0.6) is 0 Å². The van der Waals surface area contributed by atoms with E-state index in [1.807, 2.05) is 25.1 Å². The summed E-state index contributed by atoms with van der Waals surface area (Å²) < 4.78 is 0.964. The molecular weight excluding hydrogens is 275 g/mol. The topological polar surface area (TPSA) is 36.7 Å². The Morgan fingerprint density at radius 2 is 2.20 bits per heavy atom. The molecule has 1 aromatic carbocycles. The second-order valence-electron chi connectivity index (χ2n) is 3.18. The summed E-state index contributed by atoms with van der Waals surface area (Å²) in [5.74, 6) is 0. The van der Waals surface area contributed by atoms with Crippen LogP contribution in [0.3, 0.4) is 0 Å². The molecule has 74 valence electrons. The second-order valence-corrected chi connectivity index (χ2v) is 4.45. The van der Waals surface area contributed by atoms with Crippen molar-refractivity contribution >= 4 is 38.4 Å². The summed E-state index contributed by atoms with van der Waals surface area (Å²) in [6.45, 7) is 1.88. The van der Waals surface area contributed by atoms with Gasteiger partial charge in [-0.05, 0) is 30.7 Å². The van der Waals surface area contributed by atoms with Gasteiger partial charge in [0.15, 0.2) is 0 Å². The molecular formula is C11H6BrClN2. The molecule has 15 heavy (non-hydrogen) atoms. The van der Waals surface area contributed by atoms with E-state index in [2.05, 4.69) is 27.0 Å². The van der Waals surface area contributed by atoms with Crippen molar-refractivity contribution in [2.24, 2.45) is 0 Å². The highest BCUT2D eigenvalue weighted by atomic mass is 79.9. The molecule has 0 radical (unpaired) electrons. The predicted octanol–water partition coefficient (Wildman–Crippen LogP) is 3.83. The van der Waals surface area contributed by atoms with Crippen LogP contribution in [-0.2, 0) is 0 Å². The molecule has 2 rings (SSSR count). The zero-order valence-corrected chi connectivity index (χ0v) is 10.2. The number of benzene rings is 1.